The van der Waals surface area contributed by atoms with Crippen LogP contribution in [0.5, 0.6) is 0 Å². The van der Waals surface area contributed by atoms with Gasteiger partial charge in [-0.25, -0.2) is 4.39 Å². The van der Waals surface area contributed by atoms with E-state index in [0.717, 1.165) is 32.6 Å². The van der Waals surface area contributed by atoms with Crippen molar-refractivity contribution in [3.8, 4) is 6.07 Å². The van der Waals surface area contributed by atoms with Crippen molar-refractivity contribution in [2.24, 2.45) is 5.92 Å². The van der Waals surface area contributed by atoms with Gasteiger partial charge in [-0.05, 0) is 31.4 Å². The van der Waals surface area contributed by atoms with Crippen LogP contribution >= 0.6 is 0 Å². The van der Waals surface area contributed by atoms with E-state index in [1.807, 2.05) is 6.07 Å². The molecule has 3 nitrogen and oxygen atoms in total. The van der Waals surface area contributed by atoms with Crippen LogP contribution in [0.15, 0.2) is 18.2 Å². The first kappa shape index (κ1) is 13.0. The van der Waals surface area contributed by atoms with Crippen LogP contribution in [0.3, 0.4) is 0 Å². The molecular formula is C14H17FN2O. The monoisotopic (exact) mass is 248 g/mol. The first-order valence-corrected chi connectivity index (χ1v) is 6.27. The van der Waals surface area contributed by atoms with Crippen LogP contribution in [-0.4, -0.2) is 19.8 Å². The Labute approximate surface area is 107 Å². The molecule has 0 radical (unpaired) electrons. The van der Waals surface area contributed by atoms with Crippen molar-refractivity contribution < 1.29 is 9.13 Å². The fourth-order valence-electron chi connectivity index (χ4n) is 2.14. The van der Waals surface area contributed by atoms with Gasteiger partial charge in [0.25, 0.3) is 0 Å². The summed E-state index contributed by atoms with van der Waals surface area (Å²) >= 11 is 0. The number of hydrogen-bond acceptors (Lipinski definition) is 3. The van der Waals surface area contributed by atoms with E-state index in [9.17, 15) is 4.39 Å². The molecule has 0 bridgehead atoms. The molecule has 1 heterocycles. The molecule has 96 valence electrons. The Kier molecular flexibility index (Phi) is 4.68. The van der Waals surface area contributed by atoms with Crippen LogP contribution in [0.1, 0.15) is 24.0 Å². The zero-order valence-electron chi connectivity index (χ0n) is 10.3. The third-order valence-electron chi connectivity index (χ3n) is 3.27. The molecule has 0 amide bonds. The van der Waals surface area contributed by atoms with Crippen molar-refractivity contribution in [3.63, 3.8) is 0 Å². The Morgan fingerprint density at radius 2 is 2.39 bits per heavy atom. The summed E-state index contributed by atoms with van der Waals surface area (Å²) in [6.07, 6.45) is 2.18. The topological polar surface area (TPSA) is 45.0 Å². The van der Waals surface area contributed by atoms with E-state index in [1.165, 1.54) is 6.07 Å². The molecule has 4 heteroatoms. The van der Waals surface area contributed by atoms with Gasteiger partial charge in [-0.2, -0.15) is 5.26 Å². The number of hydrogen-bond donors (Lipinski definition) is 1. The fraction of sp³-hybridized carbons (Fsp3) is 0.500. The second-order valence-electron chi connectivity index (χ2n) is 4.59. The molecule has 1 N–H and O–H groups in total. The molecule has 0 aromatic heterocycles. The highest BCUT2D eigenvalue weighted by molar-refractivity contribution is 5.34. The average molecular weight is 248 g/mol. The quantitative estimate of drug-likeness (QED) is 0.813. The molecule has 1 atom stereocenters. The summed E-state index contributed by atoms with van der Waals surface area (Å²) in [5.74, 6) is 0.226. The summed E-state index contributed by atoms with van der Waals surface area (Å²) < 4.78 is 19.0. The largest absolute Gasteiger partial charge is 0.381 e. The molecule has 1 unspecified atom stereocenters. The molecule has 0 saturated carbocycles. The summed E-state index contributed by atoms with van der Waals surface area (Å²) in [6.45, 7) is 3.03. The Hall–Kier alpha value is -1.44. The van der Waals surface area contributed by atoms with Gasteiger partial charge in [0, 0.05) is 25.3 Å². The molecule has 1 aliphatic rings. The van der Waals surface area contributed by atoms with Gasteiger partial charge in [-0.1, -0.05) is 12.1 Å². The van der Waals surface area contributed by atoms with Crippen LogP contribution in [0, 0.1) is 23.1 Å². The molecule has 1 fully saturated rings. The van der Waals surface area contributed by atoms with E-state index >= 15 is 0 Å². The smallest absolute Gasteiger partial charge is 0.145 e. The Morgan fingerprint density at radius 3 is 3.11 bits per heavy atom. The summed E-state index contributed by atoms with van der Waals surface area (Å²) in [4.78, 5) is 0. The number of benzene rings is 1. The predicted octanol–water partition coefficient (Wildman–Crippen LogP) is 2.21. The molecule has 0 spiro atoms. The molecule has 2 rings (SSSR count). The third kappa shape index (κ3) is 3.28. The second kappa shape index (κ2) is 6.48. The number of rotatable bonds is 5. The Bertz CT molecular complexity index is 436. The van der Waals surface area contributed by atoms with Crippen LogP contribution in [0.25, 0.3) is 0 Å². The Balaban J connectivity index is 1.78. The summed E-state index contributed by atoms with van der Waals surface area (Å²) in [6, 6.07) is 6.77. The maximum absolute atomic E-state index is 13.7. The first-order chi connectivity index (χ1) is 8.81. The summed E-state index contributed by atoms with van der Waals surface area (Å²) in [5.41, 5.74) is 0.662. The summed E-state index contributed by atoms with van der Waals surface area (Å²) in [7, 11) is 0. The third-order valence-corrected chi connectivity index (χ3v) is 3.27. The van der Waals surface area contributed by atoms with Gasteiger partial charge in [-0.3, -0.25) is 0 Å². The van der Waals surface area contributed by atoms with Gasteiger partial charge in [0.15, 0.2) is 0 Å². The molecule has 1 aliphatic heterocycles. The number of nitrogens with one attached hydrogen (secondary N) is 1. The van der Waals surface area contributed by atoms with Gasteiger partial charge in [-0.15, -0.1) is 0 Å². The molecule has 1 aromatic carbocycles. The minimum Gasteiger partial charge on any atom is -0.381 e. The first-order valence-electron chi connectivity index (χ1n) is 6.27. The van der Waals surface area contributed by atoms with Gasteiger partial charge in [0.05, 0.1) is 5.56 Å². The number of ether oxygens (including phenoxy) is 1. The highest BCUT2D eigenvalue weighted by atomic mass is 19.1. The van der Waals surface area contributed by atoms with E-state index in [1.54, 1.807) is 12.1 Å². The van der Waals surface area contributed by atoms with Crippen molar-refractivity contribution in [2.75, 3.05) is 19.8 Å². The average Bonchev–Trinajstić information content (AvgIpc) is 2.89. The van der Waals surface area contributed by atoms with Crippen LogP contribution in [-0.2, 0) is 11.3 Å². The molecule has 1 aromatic rings. The van der Waals surface area contributed by atoms with Gasteiger partial charge >= 0.3 is 0 Å². The highest BCUT2D eigenvalue weighted by Crippen LogP contribution is 2.16. The van der Waals surface area contributed by atoms with E-state index in [-0.39, 0.29) is 5.56 Å². The van der Waals surface area contributed by atoms with Crippen molar-refractivity contribution in [3.05, 3.63) is 35.1 Å². The van der Waals surface area contributed by atoms with Gasteiger partial charge in [0.2, 0.25) is 0 Å². The van der Waals surface area contributed by atoms with Crippen molar-refractivity contribution in [1.29, 1.82) is 5.26 Å². The van der Waals surface area contributed by atoms with Crippen molar-refractivity contribution >= 4 is 0 Å². The zero-order valence-corrected chi connectivity index (χ0v) is 10.3. The second-order valence-corrected chi connectivity index (χ2v) is 4.59. The molecule has 18 heavy (non-hydrogen) atoms. The van der Waals surface area contributed by atoms with E-state index in [2.05, 4.69) is 5.32 Å². The number of nitrogens with zero attached hydrogens (tertiary/aromatic N) is 1. The minimum atomic E-state index is -0.406. The fourth-order valence-corrected chi connectivity index (χ4v) is 2.14. The minimum absolute atomic E-state index is 0.110. The van der Waals surface area contributed by atoms with E-state index in [0.29, 0.717) is 18.0 Å². The lowest BCUT2D eigenvalue weighted by Gasteiger charge is -2.09. The SMILES string of the molecule is N#Cc1cccc(CNCCC2CCOC2)c1F. The lowest BCUT2D eigenvalue weighted by atomic mass is 10.1. The summed E-state index contributed by atoms with van der Waals surface area (Å²) in [5, 5.41) is 11.9. The van der Waals surface area contributed by atoms with Gasteiger partial charge < -0.3 is 10.1 Å². The van der Waals surface area contributed by atoms with Crippen LogP contribution in [0.2, 0.25) is 0 Å². The van der Waals surface area contributed by atoms with E-state index in [4.69, 9.17) is 10.00 Å². The number of nitriles is 1. The molecule has 1 saturated heterocycles. The van der Waals surface area contributed by atoms with Crippen LogP contribution < -0.4 is 5.32 Å². The zero-order chi connectivity index (χ0) is 12.8. The van der Waals surface area contributed by atoms with E-state index < -0.39 is 5.82 Å². The maximum atomic E-state index is 13.7. The van der Waals surface area contributed by atoms with Crippen LogP contribution in [0.4, 0.5) is 4.39 Å². The normalized spacial score (nSPS) is 18.8. The predicted molar refractivity (Wildman–Crippen MR) is 66.4 cm³/mol. The molecular weight excluding hydrogens is 231 g/mol. The Morgan fingerprint density at radius 1 is 1.50 bits per heavy atom. The maximum Gasteiger partial charge on any atom is 0.145 e. The van der Waals surface area contributed by atoms with Crippen molar-refractivity contribution in [2.45, 2.75) is 19.4 Å². The number of halogens is 1. The lowest BCUT2D eigenvalue weighted by Crippen LogP contribution is -2.18. The lowest BCUT2D eigenvalue weighted by molar-refractivity contribution is 0.184. The van der Waals surface area contributed by atoms with Gasteiger partial charge in [0.1, 0.15) is 11.9 Å². The standard InChI is InChI=1S/C14H17FN2O/c15-14-12(8-16)2-1-3-13(14)9-17-6-4-11-5-7-18-10-11/h1-3,11,17H,4-7,9-10H2. The molecule has 0 aliphatic carbocycles. The van der Waals surface area contributed by atoms with Crippen molar-refractivity contribution in [1.82, 2.24) is 5.32 Å². The highest BCUT2D eigenvalue weighted by Gasteiger charge is 2.14.